The summed E-state index contributed by atoms with van der Waals surface area (Å²) in [4.78, 5) is 0. The molecule has 1 aliphatic rings. The Morgan fingerprint density at radius 1 is 0.778 bits per heavy atom. The van der Waals surface area contributed by atoms with Gasteiger partial charge >= 0.3 is 41.3 Å². The second-order valence-corrected chi connectivity index (χ2v) is 15.9. The molecule has 0 amide bonds. The summed E-state index contributed by atoms with van der Waals surface area (Å²) in [6, 6.07) is 16.1. The molecule has 1 atom stereocenters. The molecule has 0 aliphatic heterocycles. The second-order valence-electron chi connectivity index (χ2n) is 13.4. The molecule has 0 saturated carbocycles. The first-order valence-electron chi connectivity index (χ1n) is 13.4. The molecule has 192 valence electrons. The van der Waals surface area contributed by atoms with Crippen molar-refractivity contribution in [3.05, 3.63) is 77.4 Å². The summed E-state index contributed by atoms with van der Waals surface area (Å²) in [5, 5.41) is 5.49. The predicted molar refractivity (Wildman–Crippen MR) is 160 cm³/mol. The van der Waals surface area contributed by atoms with E-state index in [1.165, 1.54) is 47.9 Å². The van der Waals surface area contributed by atoms with Crippen molar-refractivity contribution < 1.29 is 24.2 Å². The Bertz CT molecular complexity index is 1170. The molecule has 0 radical (unpaired) electrons. The monoisotopic (exact) mass is 558 g/mol. The Kier molecular flexibility index (Phi) is 10.2. The third kappa shape index (κ3) is 8.55. The fourth-order valence-corrected chi connectivity index (χ4v) is 4.14. The Morgan fingerprint density at radius 3 is 1.47 bits per heavy atom. The van der Waals surface area contributed by atoms with E-state index in [1.807, 2.05) is 0 Å². The summed E-state index contributed by atoms with van der Waals surface area (Å²) in [5.41, 5.74) is 4.94. The van der Waals surface area contributed by atoms with Crippen LogP contribution in [0.2, 0.25) is 0 Å². The van der Waals surface area contributed by atoms with Crippen LogP contribution in [-0.2, 0) is 35.1 Å². The van der Waals surface area contributed by atoms with E-state index >= 15 is 0 Å². The first-order chi connectivity index (χ1) is 16.4. The van der Waals surface area contributed by atoms with E-state index in [9.17, 15) is 0 Å². The number of hydrogen-bond acceptors (Lipinski definition) is 0. The molecule has 1 aliphatic carbocycles. The first-order valence-corrected chi connectivity index (χ1v) is 14.6. The first kappa shape index (κ1) is 30.8. The summed E-state index contributed by atoms with van der Waals surface area (Å²) in [6.45, 7) is 26.8. The molecule has 4 rings (SSSR count). The minimum atomic E-state index is 0.194. The predicted octanol–water partition coefficient (Wildman–Crippen LogP) is 10.4. The summed E-state index contributed by atoms with van der Waals surface area (Å²) >= 11 is 1.55. The Morgan fingerprint density at radius 2 is 1.19 bits per heavy atom. The van der Waals surface area contributed by atoms with E-state index in [2.05, 4.69) is 144 Å². The SMILES string of the molecule is CC(C)(C)c1ccc2[cH-]c3ccc(C(C)(C)C)cc3c2c1.CCC1[C-]=CC(C(C)(C)C)=C1.C[C](C)=[Zr+2]. The fraction of sp³-hybridized carbons (Fsp3) is 0.486. The number of benzene rings is 2. The third-order valence-corrected chi connectivity index (χ3v) is 6.58. The van der Waals surface area contributed by atoms with E-state index in [4.69, 9.17) is 0 Å². The van der Waals surface area contributed by atoms with Gasteiger partial charge in [-0.2, -0.15) is 11.6 Å². The van der Waals surface area contributed by atoms with Crippen molar-refractivity contribution in [2.45, 2.75) is 100 Å². The molecule has 0 heterocycles. The molecule has 0 spiro atoms. The normalized spacial score (nSPS) is 15.8. The Hall–Kier alpha value is -1.46. The van der Waals surface area contributed by atoms with Crippen LogP contribution in [0.15, 0.2) is 60.2 Å². The zero-order valence-electron chi connectivity index (χ0n) is 25.0. The van der Waals surface area contributed by atoms with Gasteiger partial charge in [-0.25, -0.2) is 6.08 Å². The van der Waals surface area contributed by atoms with Crippen molar-refractivity contribution in [3.63, 3.8) is 0 Å². The molecule has 0 aromatic heterocycles. The van der Waals surface area contributed by atoms with Gasteiger partial charge in [-0.05, 0) is 10.8 Å². The van der Waals surface area contributed by atoms with Gasteiger partial charge in [0.1, 0.15) is 0 Å². The molecule has 3 aromatic rings. The molecule has 36 heavy (non-hydrogen) atoms. The van der Waals surface area contributed by atoms with Gasteiger partial charge in [-0.1, -0.05) is 122 Å². The Balaban J connectivity index is 0.000000255. The van der Waals surface area contributed by atoms with Crippen LogP contribution in [-0.4, -0.2) is 3.21 Å². The topological polar surface area (TPSA) is 0 Å². The van der Waals surface area contributed by atoms with E-state index in [0.29, 0.717) is 11.3 Å². The van der Waals surface area contributed by atoms with Crippen LogP contribution in [0.25, 0.3) is 21.5 Å². The van der Waals surface area contributed by atoms with Crippen LogP contribution in [0.1, 0.15) is 101 Å². The molecule has 0 nitrogen and oxygen atoms in total. The van der Waals surface area contributed by atoms with Crippen molar-refractivity contribution in [2.75, 3.05) is 0 Å². The van der Waals surface area contributed by atoms with Gasteiger partial charge in [-0.15, -0.1) is 39.7 Å². The molecule has 0 N–H and O–H groups in total. The summed E-state index contributed by atoms with van der Waals surface area (Å²) in [6.07, 6.45) is 9.00. The zero-order valence-corrected chi connectivity index (χ0v) is 27.4. The van der Waals surface area contributed by atoms with Crippen molar-refractivity contribution in [2.24, 2.45) is 11.3 Å². The van der Waals surface area contributed by atoms with Crippen molar-refractivity contribution >= 4 is 24.8 Å². The van der Waals surface area contributed by atoms with E-state index in [-0.39, 0.29) is 10.8 Å². The maximum absolute atomic E-state index is 3.35. The van der Waals surface area contributed by atoms with Crippen molar-refractivity contribution in [1.82, 2.24) is 0 Å². The Labute approximate surface area is 237 Å². The van der Waals surface area contributed by atoms with E-state index < -0.39 is 0 Å². The van der Waals surface area contributed by atoms with Gasteiger partial charge in [-0.3, -0.25) is 6.08 Å². The summed E-state index contributed by atoms with van der Waals surface area (Å²) in [7, 11) is 0. The minimum absolute atomic E-state index is 0.194. The van der Waals surface area contributed by atoms with Crippen LogP contribution in [0.5, 0.6) is 0 Å². The van der Waals surface area contributed by atoms with Gasteiger partial charge in [0.05, 0.1) is 0 Å². The van der Waals surface area contributed by atoms with Crippen LogP contribution in [0.4, 0.5) is 0 Å². The molecule has 1 unspecified atom stereocenters. The number of allylic oxidation sites excluding steroid dienone is 4. The molecule has 0 bridgehead atoms. The summed E-state index contributed by atoms with van der Waals surface area (Å²) in [5.74, 6) is 0.573. The van der Waals surface area contributed by atoms with Crippen LogP contribution < -0.4 is 0 Å². The molecule has 1 heteroatoms. The molecule has 0 fully saturated rings. The van der Waals surface area contributed by atoms with Gasteiger partial charge in [0.2, 0.25) is 0 Å². The third-order valence-electron chi connectivity index (χ3n) is 6.58. The second kappa shape index (κ2) is 11.9. The average Bonchev–Trinajstić information content (AvgIpc) is 3.36. The van der Waals surface area contributed by atoms with Gasteiger partial charge in [0.25, 0.3) is 0 Å². The zero-order chi connectivity index (χ0) is 27.5. The van der Waals surface area contributed by atoms with Crippen LogP contribution >= 0.6 is 0 Å². The van der Waals surface area contributed by atoms with Gasteiger partial charge < -0.3 is 0 Å². The van der Waals surface area contributed by atoms with Crippen LogP contribution in [0, 0.1) is 17.4 Å². The van der Waals surface area contributed by atoms with Crippen molar-refractivity contribution in [1.29, 1.82) is 0 Å². The average molecular weight is 560 g/mol. The van der Waals surface area contributed by atoms with Crippen molar-refractivity contribution in [3.8, 4) is 0 Å². The summed E-state index contributed by atoms with van der Waals surface area (Å²) < 4.78 is 1.51. The molecule has 3 aromatic carbocycles. The maximum atomic E-state index is 3.35. The number of fused-ring (bicyclic) bond motifs is 3. The number of hydrogen-bond donors (Lipinski definition) is 0. The van der Waals surface area contributed by atoms with Crippen LogP contribution in [0.3, 0.4) is 0 Å². The van der Waals surface area contributed by atoms with E-state index in [1.54, 1.807) is 24.2 Å². The molecule has 0 saturated heterocycles. The van der Waals surface area contributed by atoms with Gasteiger partial charge in [0, 0.05) is 0 Å². The standard InChI is InChI=1S/C21H25.C11H17.C3H6.Zr/c1-20(2,3)16-9-7-14-11-15-8-10-17(21(4,5)6)13-19(15)18(14)12-16;1-5-9-6-7-10(8-9)11(2,3)4;1-3-2;/h7-13H,1-6H3;7-9H,5H2,1-4H3;1-2H3;/q2*-1;;+2. The van der Waals surface area contributed by atoms with Gasteiger partial charge in [0.15, 0.2) is 0 Å². The fourth-order valence-electron chi connectivity index (χ4n) is 4.14. The quantitative estimate of drug-likeness (QED) is 0.260. The van der Waals surface area contributed by atoms with E-state index in [0.717, 1.165) is 0 Å². The molecular formula is C35H48Zr. The number of rotatable bonds is 1. The molecular weight excluding hydrogens is 512 g/mol.